The number of hydrogen-bond donors (Lipinski definition) is 1. The van der Waals surface area contributed by atoms with Crippen molar-refractivity contribution in [1.82, 2.24) is 9.99 Å². The molecule has 0 radical (unpaired) electrons. The molecule has 2 aromatic heterocycles. The first-order valence-electron chi connectivity index (χ1n) is 11.1. The molecule has 0 aliphatic heterocycles. The van der Waals surface area contributed by atoms with Gasteiger partial charge in [-0.15, -0.1) is 11.3 Å². The van der Waals surface area contributed by atoms with Crippen molar-refractivity contribution in [3.8, 4) is 11.1 Å². The van der Waals surface area contributed by atoms with E-state index in [2.05, 4.69) is 21.2 Å². The molecule has 0 unspecified atom stereocenters. The molecular weight excluding hydrogens is 428 g/mol. The average Bonchev–Trinajstić information content (AvgIpc) is 3.34. The Morgan fingerprint density at radius 1 is 1.15 bits per heavy atom. The highest BCUT2D eigenvalue weighted by atomic mass is 32.1. The van der Waals surface area contributed by atoms with Crippen LogP contribution in [0.4, 0.5) is 0 Å². The van der Waals surface area contributed by atoms with E-state index in [1.807, 2.05) is 56.3 Å². The Morgan fingerprint density at radius 2 is 1.94 bits per heavy atom. The summed E-state index contributed by atoms with van der Waals surface area (Å²) < 4.78 is 2.15. The lowest BCUT2D eigenvalue weighted by atomic mass is 9.96. The van der Waals surface area contributed by atoms with Gasteiger partial charge in [-0.1, -0.05) is 36.4 Å². The summed E-state index contributed by atoms with van der Waals surface area (Å²) in [4.78, 5) is 14.1. The third-order valence-corrected chi connectivity index (χ3v) is 7.62. The Morgan fingerprint density at radius 3 is 2.79 bits per heavy atom. The monoisotopic (exact) mass is 452 g/mol. The van der Waals surface area contributed by atoms with Gasteiger partial charge in [-0.25, -0.2) is 5.43 Å². The van der Waals surface area contributed by atoms with Gasteiger partial charge in [0, 0.05) is 27.4 Å². The summed E-state index contributed by atoms with van der Waals surface area (Å²) in [5.74, 6) is -0.241. The van der Waals surface area contributed by atoms with Crippen LogP contribution in [0.25, 0.3) is 15.8 Å². The molecule has 5 nitrogen and oxygen atoms in total. The summed E-state index contributed by atoms with van der Waals surface area (Å²) in [5.41, 5.74) is 8.27. The van der Waals surface area contributed by atoms with E-state index in [0.717, 1.165) is 57.6 Å². The quantitative estimate of drug-likeness (QED) is 0.313. The number of hydrazone groups is 1. The number of rotatable bonds is 4. The van der Waals surface area contributed by atoms with E-state index in [-0.39, 0.29) is 5.91 Å². The highest BCUT2D eigenvalue weighted by Crippen LogP contribution is 2.38. The van der Waals surface area contributed by atoms with Crippen LogP contribution in [-0.2, 0) is 12.8 Å². The zero-order valence-corrected chi connectivity index (χ0v) is 19.5. The summed E-state index contributed by atoms with van der Waals surface area (Å²) >= 11 is 1.73. The summed E-state index contributed by atoms with van der Waals surface area (Å²) in [6, 6.07) is 18.0. The van der Waals surface area contributed by atoms with Crippen LogP contribution in [0.5, 0.6) is 0 Å². The zero-order valence-electron chi connectivity index (χ0n) is 18.7. The zero-order chi connectivity index (χ0) is 22.9. The summed E-state index contributed by atoms with van der Waals surface area (Å²) in [6.07, 6.45) is 6.07. The molecule has 1 aliphatic rings. The number of thiophene rings is 1. The summed E-state index contributed by atoms with van der Waals surface area (Å²) in [7, 11) is 0. The molecule has 0 saturated heterocycles. The van der Waals surface area contributed by atoms with Crippen LogP contribution in [0.2, 0.25) is 0 Å². The van der Waals surface area contributed by atoms with E-state index in [1.54, 1.807) is 23.6 Å². The lowest BCUT2D eigenvalue weighted by molar-refractivity contribution is 0.0957. The Labute approximate surface area is 197 Å². The Balaban J connectivity index is 1.42. The minimum absolute atomic E-state index is 0.241. The molecule has 0 atom stereocenters. The highest BCUT2D eigenvalue weighted by molar-refractivity contribution is 7.15. The molecule has 0 bridgehead atoms. The summed E-state index contributed by atoms with van der Waals surface area (Å²) in [6.45, 7) is 4.07. The van der Waals surface area contributed by atoms with Crippen LogP contribution in [0.1, 0.15) is 56.2 Å². The van der Waals surface area contributed by atoms with Crippen LogP contribution in [0, 0.1) is 25.2 Å². The van der Waals surface area contributed by atoms with Gasteiger partial charge in [0.05, 0.1) is 11.8 Å². The topological polar surface area (TPSA) is 70.2 Å². The van der Waals surface area contributed by atoms with Crippen molar-refractivity contribution < 1.29 is 4.79 Å². The molecule has 0 saturated carbocycles. The number of fused-ring (bicyclic) bond motifs is 2. The maximum absolute atomic E-state index is 12.8. The van der Waals surface area contributed by atoms with Crippen molar-refractivity contribution in [3.63, 3.8) is 0 Å². The number of hydrogen-bond acceptors (Lipinski definition) is 4. The minimum Gasteiger partial charge on any atom is -0.308 e. The number of nitrogens with zero attached hydrogens (tertiary/aromatic N) is 3. The number of nitriles is 1. The second-order valence-electron chi connectivity index (χ2n) is 8.39. The number of aryl methyl sites for hydroxylation is 2. The maximum atomic E-state index is 12.8. The first kappa shape index (κ1) is 21.2. The van der Waals surface area contributed by atoms with Crippen LogP contribution < -0.4 is 5.43 Å². The van der Waals surface area contributed by atoms with Crippen LogP contribution in [0.15, 0.2) is 53.6 Å². The van der Waals surface area contributed by atoms with Gasteiger partial charge >= 0.3 is 0 Å². The number of benzene rings is 2. The molecule has 164 valence electrons. The van der Waals surface area contributed by atoms with Crippen molar-refractivity contribution in [3.05, 3.63) is 87.0 Å². The first-order chi connectivity index (χ1) is 16.1. The van der Waals surface area contributed by atoms with Gasteiger partial charge in [-0.3, -0.25) is 4.79 Å². The van der Waals surface area contributed by atoms with Crippen LogP contribution in [-0.4, -0.2) is 16.7 Å². The smallest absolute Gasteiger partial charge is 0.271 e. The minimum atomic E-state index is -0.241. The fourth-order valence-electron chi connectivity index (χ4n) is 4.70. The Bertz CT molecular complexity index is 1450. The van der Waals surface area contributed by atoms with Crippen molar-refractivity contribution in [1.29, 1.82) is 5.26 Å². The second-order valence-corrected chi connectivity index (χ2v) is 9.47. The van der Waals surface area contributed by atoms with E-state index in [4.69, 9.17) is 0 Å². The molecule has 1 N–H and O–H groups in total. The molecule has 1 amide bonds. The molecule has 0 fully saturated rings. The fraction of sp³-hybridized carbons (Fsp3) is 0.222. The molecule has 5 rings (SSSR count). The molecule has 6 heteroatoms. The largest absolute Gasteiger partial charge is 0.308 e. The van der Waals surface area contributed by atoms with E-state index in [9.17, 15) is 10.1 Å². The van der Waals surface area contributed by atoms with Gasteiger partial charge in [0.2, 0.25) is 0 Å². The molecule has 4 aromatic rings. The van der Waals surface area contributed by atoms with Gasteiger partial charge in [0.15, 0.2) is 0 Å². The lowest BCUT2D eigenvalue weighted by Crippen LogP contribution is -2.18. The van der Waals surface area contributed by atoms with Gasteiger partial charge in [0.1, 0.15) is 11.1 Å². The number of aromatic nitrogens is 1. The molecule has 33 heavy (non-hydrogen) atoms. The first-order valence-corrected chi connectivity index (χ1v) is 11.9. The number of amides is 1. The van der Waals surface area contributed by atoms with E-state index in [1.165, 1.54) is 16.9 Å². The molecule has 0 spiro atoms. The van der Waals surface area contributed by atoms with Crippen molar-refractivity contribution >= 4 is 34.2 Å². The van der Waals surface area contributed by atoms with E-state index >= 15 is 0 Å². The van der Waals surface area contributed by atoms with Crippen molar-refractivity contribution in [2.24, 2.45) is 5.10 Å². The lowest BCUT2D eigenvalue weighted by Gasteiger charge is -2.10. The standard InChI is InChI=1S/C27H24N4OS/c1-17-14-20(16-29-30-26(32)23-12-7-9-19-8-3-4-10-21(19)23)18(2)31(17)27-24(15-28)22-11-5-6-13-25(22)33-27/h3-4,7-10,12,14,16H,5-6,11,13H2,1-2H3,(H,30,32)/b29-16+. The third-order valence-electron chi connectivity index (χ3n) is 6.34. The van der Waals surface area contributed by atoms with Crippen LogP contribution in [0.3, 0.4) is 0 Å². The Kier molecular flexibility index (Phi) is 5.57. The van der Waals surface area contributed by atoms with Gasteiger partial charge in [-0.2, -0.15) is 10.4 Å². The van der Waals surface area contributed by atoms with Gasteiger partial charge in [-0.05, 0) is 68.0 Å². The molecule has 2 heterocycles. The average molecular weight is 453 g/mol. The normalized spacial score (nSPS) is 13.2. The summed E-state index contributed by atoms with van der Waals surface area (Å²) in [5, 5.41) is 17.0. The van der Waals surface area contributed by atoms with Gasteiger partial charge in [0.25, 0.3) is 5.91 Å². The highest BCUT2D eigenvalue weighted by Gasteiger charge is 2.23. The number of carbonyl (C=O) groups excluding carboxylic acids is 1. The molecule has 1 aliphatic carbocycles. The molecular formula is C27H24N4OS. The maximum Gasteiger partial charge on any atom is 0.271 e. The predicted molar refractivity (Wildman–Crippen MR) is 133 cm³/mol. The van der Waals surface area contributed by atoms with Gasteiger partial charge < -0.3 is 4.57 Å². The number of carbonyl (C=O) groups is 1. The van der Waals surface area contributed by atoms with Crippen molar-refractivity contribution in [2.45, 2.75) is 39.5 Å². The molecule has 2 aromatic carbocycles. The second kappa shape index (κ2) is 8.68. The third kappa shape index (κ3) is 3.75. The Hall–Kier alpha value is -3.69. The number of nitrogens with one attached hydrogen (secondary N) is 1. The van der Waals surface area contributed by atoms with Crippen molar-refractivity contribution in [2.75, 3.05) is 0 Å². The van der Waals surface area contributed by atoms with Crippen LogP contribution >= 0.6 is 11.3 Å². The fourth-order valence-corrected chi connectivity index (χ4v) is 6.15. The predicted octanol–water partition coefficient (Wildman–Crippen LogP) is 5.82. The van der Waals surface area contributed by atoms with E-state index < -0.39 is 0 Å². The SMILES string of the molecule is Cc1cc(/C=N/NC(=O)c2cccc3ccccc23)c(C)n1-c1sc2c(c1C#N)CCCC2. The van der Waals surface area contributed by atoms with E-state index in [0.29, 0.717) is 5.56 Å².